The molecule has 4 nitrogen and oxygen atoms in total. The second-order valence-electron chi connectivity index (χ2n) is 19.3. The number of esters is 2. The van der Waals surface area contributed by atoms with Gasteiger partial charge in [0, 0.05) is 0 Å². The van der Waals surface area contributed by atoms with Gasteiger partial charge in [-0.2, -0.15) is 0 Å². The lowest BCUT2D eigenvalue weighted by Crippen LogP contribution is -2.26. The lowest BCUT2D eigenvalue weighted by atomic mass is 9.86. The van der Waals surface area contributed by atoms with Crippen LogP contribution in [0.25, 0.3) is 0 Å². The Hall–Kier alpha value is -3.40. The van der Waals surface area contributed by atoms with Crippen LogP contribution in [-0.2, 0) is 49.2 Å². The molecular formula is C50H78O4. The Morgan fingerprint density at radius 3 is 1.17 bits per heavy atom. The Labute approximate surface area is 332 Å². The van der Waals surface area contributed by atoms with E-state index in [0.29, 0.717) is 25.0 Å². The third-order valence-corrected chi connectivity index (χ3v) is 9.95. The fraction of sp³-hybridized carbons (Fsp3) is 0.600. The number of rotatable bonds is 11. The van der Waals surface area contributed by atoms with Crippen LogP contribution in [-0.4, -0.2) is 25.2 Å². The third-order valence-electron chi connectivity index (χ3n) is 9.95. The maximum absolute atomic E-state index is 11.9. The van der Waals surface area contributed by atoms with Crippen molar-refractivity contribution in [3.05, 3.63) is 106 Å². The molecule has 302 valence electrons. The molecular weight excluding hydrogens is 665 g/mol. The molecule has 0 aliphatic rings. The Bertz CT molecular complexity index is 1540. The van der Waals surface area contributed by atoms with Gasteiger partial charge in [0.2, 0.25) is 0 Å². The molecule has 3 rings (SSSR count). The van der Waals surface area contributed by atoms with Gasteiger partial charge in [-0.3, -0.25) is 9.59 Å². The van der Waals surface area contributed by atoms with Crippen LogP contribution in [0.15, 0.2) is 66.7 Å². The summed E-state index contributed by atoms with van der Waals surface area (Å²) in [7, 11) is 0. The summed E-state index contributed by atoms with van der Waals surface area (Å²) in [6.45, 7) is 36.5. The van der Waals surface area contributed by atoms with Gasteiger partial charge in [0.25, 0.3) is 0 Å². The largest absolute Gasteiger partial charge is 0.465 e. The molecule has 4 heteroatoms. The number of hydrogen-bond donors (Lipinski definition) is 0. The topological polar surface area (TPSA) is 52.6 Å². The highest BCUT2D eigenvalue weighted by Crippen LogP contribution is 2.25. The van der Waals surface area contributed by atoms with Gasteiger partial charge in [-0.1, -0.05) is 129 Å². The van der Waals surface area contributed by atoms with Gasteiger partial charge in [-0.05, 0) is 149 Å². The lowest BCUT2D eigenvalue weighted by Gasteiger charge is -2.21. The van der Waals surface area contributed by atoms with E-state index in [2.05, 4.69) is 143 Å². The van der Waals surface area contributed by atoms with Crippen LogP contribution in [0.5, 0.6) is 0 Å². The minimum absolute atomic E-state index is 0.115. The van der Waals surface area contributed by atoms with Gasteiger partial charge in [-0.25, -0.2) is 0 Å². The van der Waals surface area contributed by atoms with Crippen molar-refractivity contribution in [1.29, 1.82) is 0 Å². The zero-order valence-corrected chi connectivity index (χ0v) is 37.6. The second-order valence-corrected chi connectivity index (χ2v) is 19.3. The Morgan fingerprint density at radius 1 is 0.500 bits per heavy atom. The molecule has 54 heavy (non-hydrogen) atoms. The van der Waals surface area contributed by atoms with Crippen LogP contribution in [0.1, 0.15) is 156 Å². The highest BCUT2D eigenvalue weighted by molar-refractivity contribution is 5.75. The van der Waals surface area contributed by atoms with E-state index in [0.717, 1.165) is 32.1 Å². The molecule has 3 aromatic carbocycles. The predicted octanol–water partition coefficient (Wildman–Crippen LogP) is 13.2. The number of hydrogen-bond acceptors (Lipinski definition) is 4. The summed E-state index contributed by atoms with van der Waals surface area (Å²) in [4.78, 5) is 23.7. The Kier molecular flexibility index (Phi) is 19.5. The highest BCUT2D eigenvalue weighted by Gasteiger charge is 2.25. The zero-order valence-electron chi connectivity index (χ0n) is 37.6. The molecule has 0 N–H and O–H groups in total. The van der Waals surface area contributed by atoms with Gasteiger partial charge in [0.15, 0.2) is 0 Å². The monoisotopic (exact) mass is 743 g/mol. The van der Waals surface area contributed by atoms with Gasteiger partial charge in [0.1, 0.15) is 0 Å². The number of carbonyl (C=O) groups is 2. The van der Waals surface area contributed by atoms with Crippen molar-refractivity contribution in [2.75, 3.05) is 13.2 Å². The normalized spacial score (nSPS) is 13.1. The van der Waals surface area contributed by atoms with Crippen LogP contribution in [0, 0.1) is 36.5 Å². The number of ether oxygens (including phenoxy) is 2. The maximum Gasteiger partial charge on any atom is 0.311 e. The molecule has 0 fully saturated rings. The molecule has 0 aliphatic heterocycles. The van der Waals surface area contributed by atoms with Crippen molar-refractivity contribution in [3.63, 3.8) is 0 Å². The van der Waals surface area contributed by atoms with Gasteiger partial charge in [-0.15, -0.1) is 0 Å². The smallest absolute Gasteiger partial charge is 0.311 e. The van der Waals surface area contributed by atoms with Crippen LogP contribution in [0.4, 0.5) is 0 Å². The van der Waals surface area contributed by atoms with Crippen LogP contribution >= 0.6 is 0 Å². The summed E-state index contributed by atoms with van der Waals surface area (Å²) in [5.74, 6) is 0.542. The van der Waals surface area contributed by atoms with Crippen LogP contribution < -0.4 is 0 Å². The fourth-order valence-electron chi connectivity index (χ4n) is 5.44. The average Bonchev–Trinajstić information content (AvgIpc) is 3.08. The zero-order chi connectivity index (χ0) is 41.5. The molecule has 0 radical (unpaired) electrons. The third kappa shape index (κ3) is 18.3. The first-order valence-corrected chi connectivity index (χ1v) is 20.4. The maximum atomic E-state index is 11.9. The van der Waals surface area contributed by atoms with Crippen molar-refractivity contribution in [2.45, 2.75) is 161 Å². The fourth-order valence-corrected chi connectivity index (χ4v) is 5.44. The summed E-state index contributed by atoms with van der Waals surface area (Å²) in [6, 6.07) is 24.3. The molecule has 0 amide bonds. The van der Waals surface area contributed by atoms with Crippen molar-refractivity contribution in [3.8, 4) is 0 Å². The van der Waals surface area contributed by atoms with Crippen LogP contribution in [0.3, 0.4) is 0 Å². The van der Waals surface area contributed by atoms with E-state index in [4.69, 9.17) is 9.47 Å². The van der Waals surface area contributed by atoms with E-state index in [9.17, 15) is 9.59 Å². The quantitative estimate of drug-likeness (QED) is 0.184. The summed E-state index contributed by atoms with van der Waals surface area (Å²) in [5.41, 5.74) is 9.09. The Morgan fingerprint density at radius 2 is 0.852 bits per heavy atom. The first-order chi connectivity index (χ1) is 24.8. The molecule has 2 unspecified atom stereocenters. The Balaban J connectivity index is 0.000000422. The predicted molar refractivity (Wildman–Crippen MR) is 231 cm³/mol. The van der Waals surface area contributed by atoms with Crippen molar-refractivity contribution in [1.82, 2.24) is 0 Å². The molecule has 2 atom stereocenters. The summed E-state index contributed by atoms with van der Waals surface area (Å²) in [5, 5.41) is 0. The summed E-state index contributed by atoms with van der Waals surface area (Å²) in [6.07, 6.45) is 5.08. The highest BCUT2D eigenvalue weighted by atomic mass is 16.5. The molecule has 3 aromatic rings. The van der Waals surface area contributed by atoms with Gasteiger partial charge >= 0.3 is 11.9 Å². The lowest BCUT2D eigenvalue weighted by molar-refractivity contribution is -0.155. The first-order valence-electron chi connectivity index (χ1n) is 20.4. The van der Waals surface area contributed by atoms with Gasteiger partial charge < -0.3 is 9.47 Å². The molecule has 0 bridgehead atoms. The van der Waals surface area contributed by atoms with E-state index in [-0.39, 0.29) is 22.8 Å². The van der Waals surface area contributed by atoms with E-state index in [1.54, 1.807) is 0 Å². The molecule has 0 saturated carbocycles. The van der Waals surface area contributed by atoms with Crippen molar-refractivity contribution in [2.24, 2.45) is 22.7 Å². The van der Waals surface area contributed by atoms with Crippen molar-refractivity contribution >= 4 is 11.9 Å². The second kappa shape index (κ2) is 21.6. The number of benzene rings is 3. The van der Waals surface area contributed by atoms with E-state index < -0.39 is 10.8 Å². The summed E-state index contributed by atoms with van der Waals surface area (Å²) < 4.78 is 10.9. The minimum Gasteiger partial charge on any atom is -0.465 e. The number of aryl methyl sites for hydroxylation is 3. The van der Waals surface area contributed by atoms with E-state index in [1.807, 2.05) is 41.5 Å². The minimum atomic E-state index is -0.424. The van der Waals surface area contributed by atoms with E-state index >= 15 is 0 Å². The molecule has 0 spiro atoms. The summed E-state index contributed by atoms with van der Waals surface area (Å²) >= 11 is 0. The van der Waals surface area contributed by atoms with Gasteiger partial charge in [0.05, 0.1) is 24.0 Å². The molecule has 0 heterocycles. The standard InChI is InChI=1S/C20H32O2.C18H28O2.C12H18/c1-8-15(14-22-18(21)20(5,6)7)13-16-9-11-17(12-10-16)19(2,3)4;1-7-15(12-20-17(19)18(4,5)6)11-16-9-8-13(2)14(3)10-16;1-5-10-6-8-11(9-7-10)12(2,3)4/h9-12,15H,8,13-14H2,1-7H3;8-10,15H,7,11-12H2,1-6H3;6-9H,5H2,1-4H3. The molecule has 0 saturated heterocycles. The van der Waals surface area contributed by atoms with Crippen LogP contribution in [0.2, 0.25) is 0 Å². The SMILES string of the molecule is CCC(COC(=O)C(C)(C)C)Cc1ccc(C(C)(C)C)cc1.CCC(COC(=O)C(C)(C)C)Cc1ccc(C)c(C)c1.CCc1ccc(C(C)(C)C)cc1. The molecule has 0 aromatic heterocycles. The van der Waals surface area contributed by atoms with E-state index in [1.165, 1.54) is 38.9 Å². The molecule has 0 aliphatic carbocycles. The number of carbonyl (C=O) groups excluding carboxylic acids is 2. The average molecular weight is 743 g/mol. The van der Waals surface area contributed by atoms with Crippen molar-refractivity contribution < 1.29 is 19.1 Å². The first kappa shape index (κ1) is 48.6.